The fourth-order valence-corrected chi connectivity index (χ4v) is 1.99. The van der Waals surface area contributed by atoms with E-state index in [1.165, 1.54) is 0 Å². The molecule has 0 amide bonds. The van der Waals surface area contributed by atoms with Crippen LogP contribution >= 0.6 is 0 Å². The average Bonchev–Trinajstić information content (AvgIpc) is 2.88. The van der Waals surface area contributed by atoms with E-state index in [2.05, 4.69) is 20.4 Å². The highest BCUT2D eigenvalue weighted by atomic mass is 15.3. The molecule has 3 aromatic rings. The van der Waals surface area contributed by atoms with Gasteiger partial charge in [0, 0.05) is 25.4 Å². The number of nitrogens with one attached hydrogen (secondary N) is 1. The number of hydrogen-bond donors (Lipinski definition) is 2. The van der Waals surface area contributed by atoms with Gasteiger partial charge in [0.05, 0.1) is 11.9 Å². The largest absolute Gasteiger partial charge is 0.365 e. The third-order valence-corrected chi connectivity index (χ3v) is 2.99. The van der Waals surface area contributed by atoms with Crippen molar-refractivity contribution in [2.45, 2.75) is 13.0 Å². The number of nitrogens with zero attached hydrogens (tertiary/aromatic N) is 4. The van der Waals surface area contributed by atoms with Crippen molar-refractivity contribution in [3.8, 4) is 0 Å². The van der Waals surface area contributed by atoms with Crippen molar-refractivity contribution in [3.63, 3.8) is 0 Å². The molecule has 3 rings (SSSR count). The van der Waals surface area contributed by atoms with Crippen LogP contribution in [0.2, 0.25) is 0 Å². The minimum absolute atomic E-state index is 0.594. The summed E-state index contributed by atoms with van der Waals surface area (Å²) in [5.41, 5.74) is 8.50. The maximum atomic E-state index is 5.54. The molecule has 3 aromatic heterocycles. The lowest BCUT2D eigenvalue weighted by Gasteiger charge is -2.05. The molecule has 6 nitrogen and oxygen atoms in total. The number of hydrogen-bond acceptors (Lipinski definition) is 5. The predicted octanol–water partition coefficient (Wildman–Crippen LogP) is 1.24. The molecule has 0 bridgehead atoms. The Morgan fingerprint density at radius 1 is 1.15 bits per heavy atom. The molecule has 0 aliphatic rings. The quantitative estimate of drug-likeness (QED) is 0.727. The van der Waals surface area contributed by atoms with E-state index in [0.717, 1.165) is 29.1 Å². The van der Waals surface area contributed by atoms with Gasteiger partial charge in [-0.2, -0.15) is 0 Å². The van der Waals surface area contributed by atoms with Gasteiger partial charge in [-0.1, -0.05) is 0 Å². The van der Waals surface area contributed by atoms with Crippen LogP contribution in [0.3, 0.4) is 0 Å². The summed E-state index contributed by atoms with van der Waals surface area (Å²) in [6, 6.07) is 7.82. The molecule has 0 saturated carbocycles. The second kappa shape index (κ2) is 5.66. The second-order valence-electron chi connectivity index (χ2n) is 4.50. The Bertz CT molecular complexity index is 691. The smallest absolute Gasteiger partial charge is 0.153 e. The molecule has 102 valence electrons. The molecule has 3 heterocycles. The van der Waals surface area contributed by atoms with Gasteiger partial charge in [-0.05, 0) is 36.4 Å². The maximum absolute atomic E-state index is 5.54. The van der Waals surface area contributed by atoms with Crippen molar-refractivity contribution < 1.29 is 0 Å². The van der Waals surface area contributed by atoms with E-state index in [0.29, 0.717) is 13.1 Å². The van der Waals surface area contributed by atoms with Crippen molar-refractivity contribution in [1.82, 2.24) is 19.6 Å². The third kappa shape index (κ3) is 2.75. The fraction of sp³-hybridized carbons (Fsp3) is 0.214. The average molecular weight is 268 g/mol. The maximum Gasteiger partial charge on any atom is 0.153 e. The van der Waals surface area contributed by atoms with E-state index in [4.69, 9.17) is 5.73 Å². The number of fused-ring (bicyclic) bond motifs is 1. The number of imidazole rings is 1. The number of aromatic nitrogens is 4. The molecular formula is C14H16N6. The Morgan fingerprint density at radius 2 is 2.00 bits per heavy atom. The standard InChI is InChI=1S/C14H16N6/c15-6-3-12-10-20-14(18-12)2-1-13(19-20)17-9-11-4-7-16-8-5-11/h1-2,4-5,7-8,10H,3,6,9,15H2,(H,17,19). The molecule has 0 saturated heterocycles. The van der Waals surface area contributed by atoms with Gasteiger partial charge in [0.15, 0.2) is 5.65 Å². The number of pyridine rings is 1. The Balaban J connectivity index is 1.75. The Hall–Kier alpha value is -2.47. The van der Waals surface area contributed by atoms with Gasteiger partial charge in [0.2, 0.25) is 0 Å². The summed E-state index contributed by atoms with van der Waals surface area (Å²) in [6.07, 6.45) is 6.24. The molecule has 20 heavy (non-hydrogen) atoms. The predicted molar refractivity (Wildman–Crippen MR) is 77.3 cm³/mol. The molecule has 0 unspecified atom stereocenters. The van der Waals surface area contributed by atoms with Gasteiger partial charge in [0.1, 0.15) is 5.82 Å². The first-order valence-electron chi connectivity index (χ1n) is 6.53. The third-order valence-electron chi connectivity index (χ3n) is 2.99. The van der Waals surface area contributed by atoms with E-state index in [1.807, 2.05) is 30.5 Å². The van der Waals surface area contributed by atoms with Gasteiger partial charge < -0.3 is 11.1 Å². The minimum Gasteiger partial charge on any atom is -0.365 e. The van der Waals surface area contributed by atoms with Crippen molar-refractivity contribution >= 4 is 11.5 Å². The Kier molecular flexibility index (Phi) is 3.56. The molecule has 0 aromatic carbocycles. The van der Waals surface area contributed by atoms with Crippen LogP contribution in [0.15, 0.2) is 42.9 Å². The van der Waals surface area contributed by atoms with Crippen molar-refractivity contribution in [1.29, 1.82) is 0 Å². The summed E-state index contributed by atoms with van der Waals surface area (Å²) in [6.45, 7) is 1.31. The topological polar surface area (TPSA) is 81.1 Å². The first kappa shape index (κ1) is 12.6. The van der Waals surface area contributed by atoms with Crippen LogP contribution in [0, 0.1) is 0 Å². The highest BCUT2D eigenvalue weighted by Crippen LogP contribution is 2.09. The summed E-state index contributed by atoms with van der Waals surface area (Å²) >= 11 is 0. The van der Waals surface area contributed by atoms with E-state index < -0.39 is 0 Å². The van der Waals surface area contributed by atoms with E-state index >= 15 is 0 Å². The summed E-state index contributed by atoms with van der Waals surface area (Å²) in [5.74, 6) is 0.811. The van der Waals surface area contributed by atoms with Gasteiger partial charge in [-0.15, -0.1) is 5.10 Å². The van der Waals surface area contributed by atoms with Crippen LogP contribution in [0.1, 0.15) is 11.3 Å². The van der Waals surface area contributed by atoms with Crippen LogP contribution in [0.5, 0.6) is 0 Å². The van der Waals surface area contributed by atoms with Crippen LogP contribution < -0.4 is 11.1 Å². The van der Waals surface area contributed by atoms with Crippen LogP contribution in [-0.4, -0.2) is 26.1 Å². The zero-order valence-electron chi connectivity index (χ0n) is 11.0. The first-order chi connectivity index (χ1) is 9.85. The highest BCUT2D eigenvalue weighted by molar-refractivity contribution is 5.45. The SMILES string of the molecule is NCCc1cn2nc(NCc3ccncc3)ccc2n1. The Labute approximate surface area is 116 Å². The highest BCUT2D eigenvalue weighted by Gasteiger charge is 2.03. The van der Waals surface area contributed by atoms with E-state index in [1.54, 1.807) is 16.9 Å². The van der Waals surface area contributed by atoms with Crippen molar-refractivity contribution in [2.24, 2.45) is 5.73 Å². The Morgan fingerprint density at radius 3 is 2.80 bits per heavy atom. The molecule has 0 aliphatic carbocycles. The first-order valence-corrected chi connectivity index (χ1v) is 6.53. The summed E-state index contributed by atoms with van der Waals surface area (Å²) < 4.78 is 1.78. The van der Waals surface area contributed by atoms with Gasteiger partial charge in [0.25, 0.3) is 0 Å². The zero-order valence-corrected chi connectivity index (χ0v) is 11.0. The van der Waals surface area contributed by atoms with Crippen molar-refractivity contribution in [2.75, 3.05) is 11.9 Å². The number of anilines is 1. The van der Waals surface area contributed by atoms with Gasteiger partial charge in [-0.3, -0.25) is 4.98 Å². The molecule has 3 N–H and O–H groups in total. The lowest BCUT2D eigenvalue weighted by atomic mass is 10.3. The molecule has 0 fully saturated rings. The van der Waals surface area contributed by atoms with E-state index in [-0.39, 0.29) is 0 Å². The summed E-state index contributed by atoms with van der Waals surface area (Å²) in [4.78, 5) is 8.44. The molecular weight excluding hydrogens is 252 g/mol. The molecule has 0 spiro atoms. The lowest BCUT2D eigenvalue weighted by Crippen LogP contribution is -2.03. The summed E-state index contributed by atoms with van der Waals surface area (Å²) in [7, 11) is 0. The van der Waals surface area contributed by atoms with E-state index in [9.17, 15) is 0 Å². The normalized spacial score (nSPS) is 10.8. The molecule has 0 radical (unpaired) electrons. The molecule has 6 heteroatoms. The number of nitrogens with two attached hydrogens (primary N) is 1. The molecule has 0 aliphatic heterocycles. The second-order valence-corrected chi connectivity index (χ2v) is 4.50. The van der Waals surface area contributed by atoms with Crippen LogP contribution in [-0.2, 0) is 13.0 Å². The van der Waals surface area contributed by atoms with Crippen LogP contribution in [0.25, 0.3) is 5.65 Å². The lowest BCUT2D eigenvalue weighted by molar-refractivity contribution is 0.909. The molecule has 0 atom stereocenters. The zero-order chi connectivity index (χ0) is 13.8. The minimum atomic E-state index is 0.594. The van der Waals surface area contributed by atoms with Crippen LogP contribution in [0.4, 0.5) is 5.82 Å². The fourth-order valence-electron chi connectivity index (χ4n) is 1.99. The number of rotatable bonds is 5. The van der Waals surface area contributed by atoms with Gasteiger partial charge >= 0.3 is 0 Å². The monoisotopic (exact) mass is 268 g/mol. The summed E-state index contributed by atoms with van der Waals surface area (Å²) in [5, 5.41) is 7.76. The van der Waals surface area contributed by atoms with Crippen molar-refractivity contribution in [3.05, 3.63) is 54.1 Å². The van der Waals surface area contributed by atoms with Gasteiger partial charge in [-0.25, -0.2) is 9.50 Å².